The quantitative estimate of drug-likeness (QED) is 0.0924. The van der Waals surface area contributed by atoms with Gasteiger partial charge in [0.05, 0.1) is 5.56 Å². The minimum absolute atomic E-state index is 0.0652. The summed E-state index contributed by atoms with van der Waals surface area (Å²) >= 11 is 0. The molecule has 1 nitrogen and oxygen atoms in total. The van der Waals surface area contributed by atoms with E-state index in [1.807, 2.05) is 0 Å². The van der Waals surface area contributed by atoms with Crippen LogP contribution in [0.5, 0.6) is 5.75 Å². The zero-order valence-electron chi connectivity index (χ0n) is 20.8. The fourth-order valence-electron chi connectivity index (χ4n) is 3.84. The Kier molecular flexibility index (Phi) is 8.47. The third-order valence-electron chi connectivity index (χ3n) is 5.83. The first-order chi connectivity index (χ1) is 19.4. The Hall–Kier alpha value is -4.65. The second kappa shape index (κ2) is 11.8. The molecule has 0 fully saturated rings. The summed E-state index contributed by atoms with van der Waals surface area (Å²) in [5, 5.41) is 0. The number of halogens is 9. The van der Waals surface area contributed by atoms with Gasteiger partial charge in [-0.25, -0.2) is 30.7 Å². The maximum absolute atomic E-state index is 14.7. The van der Waals surface area contributed by atoms with Crippen molar-refractivity contribution in [2.45, 2.75) is 19.0 Å². The summed E-state index contributed by atoms with van der Waals surface area (Å²) < 4.78 is 131. The van der Waals surface area contributed by atoms with Gasteiger partial charge in [-0.2, -0.15) is 8.78 Å². The highest BCUT2D eigenvalue weighted by atomic mass is 19.3. The summed E-state index contributed by atoms with van der Waals surface area (Å²) in [5.74, 6) is -8.63. The minimum atomic E-state index is -4.80. The van der Waals surface area contributed by atoms with Gasteiger partial charge < -0.3 is 4.74 Å². The van der Waals surface area contributed by atoms with Crippen molar-refractivity contribution in [1.82, 2.24) is 0 Å². The van der Waals surface area contributed by atoms with Crippen molar-refractivity contribution in [2.24, 2.45) is 0 Å². The number of allylic oxidation sites excluding steroid dienone is 1. The molecule has 0 aromatic heterocycles. The van der Waals surface area contributed by atoms with Crippen LogP contribution in [0.25, 0.3) is 11.1 Å². The molecule has 4 aromatic carbocycles. The van der Waals surface area contributed by atoms with Crippen LogP contribution in [0.15, 0.2) is 73.3 Å². The summed E-state index contributed by atoms with van der Waals surface area (Å²) in [4.78, 5) is 0. The normalized spacial score (nSPS) is 11.1. The van der Waals surface area contributed by atoms with E-state index in [-0.39, 0.29) is 17.7 Å². The first kappa shape index (κ1) is 29.3. The number of hydrogen-bond acceptors (Lipinski definition) is 1. The Morgan fingerprint density at radius 3 is 1.78 bits per heavy atom. The van der Waals surface area contributed by atoms with E-state index in [4.69, 9.17) is 0 Å². The fraction of sp³-hybridized carbons (Fsp3) is 0.0968. The Balaban J connectivity index is 1.59. The van der Waals surface area contributed by atoms with Gasteiger partial charge in [-0.3, -0.25) is 0 Å². The standard InChI is InChI=1S/C31H17F9O/c1-2-3-4-17-5-8-19(9-6-17)20-13-23(32)22(24(33)14-20)10-7-18-11-25(34)29(26(35)12-18)31(39,40)41-21-15-27(36)30(38)28(37)16-21/h2,5-6,8-9,11-16H,1,3-4H2. The van der Waals surface area contributed by atoms with E-state index in [0.29, 0.717) is 17.7 Å². The topological polar surface area (TPSA) is 9.23 Å². The summed E-state index contributed by atoms with van der Waals surface area (Å²) in [6.45, 7) is 3.65. The van der Waals surface area contributed by atoms with Crippen LogP contribution in [-0.4, -0.2) is 0 Å². The van der Waals surface area contributed by atoms with Gasteiger partial charge in [0, 0.05) is 17.7 Å². The summed E-state index contributed by atoms with van der Waals surface area (Å²) in [5.41, 5.74) is -1.48. The second-order valence-corrected chi connectivity index (χ2v) is 8.72. The Morgan fingerprint density at radius 1 is 0.683 bits per heavy atom. The molecule has 4 rings (SSSR count). The predicted molar refractivity (Wildman–Crippen MR) is 133 cm³/mol. The van der Waals surface area contributed by atoms with E-state index >= 15 is 0 Å². The van der Waals surface area contributed by atoms with E-state index in [1.165, 1.54) is 0 Å². The molecule has 0 spiro atoms. The summed E-state index contributed by atoms with van der Waals surface area (Å²) in [7, 11) is 0. The van der Waals surface area contributed by atoms with Crippen molar-refractivity contribution < 1.29 is 44.3 Å². The van der Waals surface area contributed by atoms with Crippen LogP contribution >= 0.6 is 0 Å². The van der Waals surface area contributed by atoms with E-state index in [2.05, 4.69) is 23.2 Å². The monoisotopic (exact) mass is 576 g/mol. The minimum Gasteiger partial charge on any atom is -0.429 e. The van der Waals surface area contributed by atoms with Gasteiger partial charge in [0.1, 0.15) is 34.6 Å². The molecule has 0 radical (unpaired) electrons. The molecule has 0 aliphatic rings. The number of benzene rings is 4. The van der Waals surface area contributed by atoms with Gasteiger partial charge in [0.15, 0.2) is 17.5 Å². The molecule has 0 unspecified atom stereocenters. The fourth-order valence-corrected chi connectivity index (χ4v) is 3.84. The van der Waals surface area contributed by atoms with Crippen molar-refractivity contribution >= 4 is 0 Å². The first-order valence-corrected chi connectivity index (χ1v) is 11.8. The Morgan fingerprint density at radius 2 is 1.24 bits per heavy atom. The van der Waals surface area contributed by atoms with E-state index in [1.54, 1.807) is 30.3 Å². The van der Waals surface area contributed by atoms with Gasteiger partial charge in [-0.05, 0) is 53.8 Å². The van der Waals surface area contributed by atoms with Crippen LogP contribution < -0.4 is 4.74 Å². The van der Waals surface area contributed by atoms with Crippen LogP contribution in [0.2, 0.25) is 0 Å². The molecule has 0 saturated carbocycles. The maximum Gasteiger partial charge on any atom is 0.432 e. The average molecular weight is 576 g/mol. The third-order valence-corrected chi connectivity index (χ3v) is 5.83. The van der Waals surface area contributed by atoms with Gasteiger partial charge >= 0.3 is 6.11 Å². The SMILES string of the molecule is C=CCCc1ccc(-c2cc(F)c(C#Cc3cc(F)c(C(F)(F)Oc4cc(F)c(F)c(F)c4)c(F)c3)c(F)c2)cc1. The lowest BCUT2D eigenvalue weighted by Gasteiger charge is -2.19. The van der Waals surface area contributed by atoms with Crippen LogP contribution in [0.1, 0.15) is 28.7 Å². The van der Waals surface area contributed by atoms with Crippen molar-refractivity contribution in [3.05, 3.63) is 136 Å². The van der Waals surface area contributed by atoms with Crippen LogP contribution in [-0.2, 0) is 12.5 Å². The number of hydrogen-bond donors (Lipinski definition) is 0. The average Bonchev–Trinajstić information content (AvgIpc) is 2.89. The predicted octanol–water partition coefficient (Wildman–Crippen LogP) is 8.97. The van der Waals surface area contributed by atoms with E-state index in [9.17, 15) is 39.5 Å². The highest BCUT2D eigenvalue weighted by molar-refractivity contribution is 5.65. The Bertz CT molecular complexity index is 1610. The molecule has 0 saturated heterocycles. The molecule has 0 N–H and O–H groups in total. The summed E-state index contributed by atoms with van der Waals surface area (Å²) in [6.07, 6.45) is -1.51. The lowest BCUT2D eigenvalue weighted by Crippen LogP contribution is -2.25. The zero-order valence-corrected chi connectivity index (χ0v) is 20.8. The number of rotatable bonds is 7. The van der Waals surface area contributed by atoms with Gasteiger partial charge in [-0.1, -0.05) is 42.2 Å². The Labute approximate surface area is 228 Å². The lowest BCUT2D eigenvalue weighted by molar-refractivity contribution is -0.189. The van der Waals surface area contributed by atoms with E-state index in [0.717, 1.165) is 30.5 Å². The molecule has 0 aliphatic carbocycles. The van der Waals surface area contributed by atoms with Crippen LogP contribution in [0, 0.1) is 52.6 Å². The molecule has 4 aromatic rings. The number of ether oxygens (including phenoxy) is 1. The van der Waals surface area contributed by atoms with Crippen molar-refractivity contribution in [1.29, 1.82) is 0 Å². The van der Waals surface area contributed by atoms with E-state index < -0.39 is 69.3 Å². The molecule has 41 heavy (non-hydrogen) atoms. The zero-order chi connectivity index (χ0) is 29.9. The molecule has 210 valence electrons. The first-order valence-electron chi connectivity index (χ1n) is 11.8. The van der Waals surface area contributed by atoms with Crippen molar-refractivity contribution in [2.75, 3.05) is 0 Å². The highest BCUT2D eigenvalue weighted by Crippen LogP contribution is 2.36. The largest absolute Gasteiger partial charge is 0.432 e. The van der Waals surface area contributed by atoms with Gasteiger partial charge in [-0.15, -0.1) is 6.58 Å². The van der Waals surface area contributed by atoms with Gasteiger partial charge in [0.2, 0.25) is 0 Å². The molecular weight excluding hydrogens is 559 g/mol. The lowest BCUT2D eigenvalue weighted by atomic mass is 10.00. The van der Waals surface area contributed by atoms with Crippen molar-refractivity contribution in [3.8, 4) is 28.7 Å². The molecule has 0 aliphatic heterocycles. The molecule has 0 heterocycles. The van der Waals surface area contributed by atoms with Crippen LogP contribution in [0.4, 0.5) is 39.5 Å². The molecule has 10 heteroatoms. The second-order valence-electron chi connectivity index (χ2n) is 8.72. The van der Waals surface area contributed by atoms with Gasteiger partial charge in [0.25, 0.3) is 0 Å². The smallest absolute Gasteiger partial charge is 0.429 e. The molecule has 0 atom stereocenters. The van der Waals surface area contributed by atoms with Crippen LogP contribution in [0.3, 0.4) is 0 Å². The summed E-state index contributed by atoms with van der Waals surface area (Å²) in [6, 6.07) is 9.87. The molecule has 0 amide bonds. The highest BCUT2D eigenvalue weighted by Gasteiger charge is 2.41. The number of alkyl halides is 2. The molecule has 0 bridgehead atoms. The maximum atomic E-state index is 14.7. The molecular formula is C31H17F9O. The number of aryl methyl sites for hydroxylation is 1. The van der Waals surface area contributed by atoms with Crippen molar-refractivity contribution in [3.63, 3.8) is 0 Å². The third kappa shape index (κ3) is 6.57.